The number of carbonyl (C=O) groups is 1. The Morgan fingerprint density at radius 3 is 2.62 bits per heavy atom. The summed E-state index contributed by atoms with van der Waals surface area (Å²) in [5, 5.41) is 9.51. The molecule has 1 aromatic carbocycles. The lowest BCUT2D eigenvalue weighted by Gasteiger charge is -2.11. The van der Waals surface area contributed by atoms with Gasteiger partial charge in [-0.15, -0.1) is 0 Å². The maximum atomic E-state index is 11.5. The van der Waals surface area contributed by atoms with Gasteiger partial charge in [0.15, 0.2) is 0 Å². The zero-order chi connectivity index (χ0) is 12.1. The molecule has 1 rings (SSSR count). The number of halogens is 1. The van der Waals surface area contributed by atoms with Crippen molar-refractivity contribution in [2.45, 2.75) is 18.7 Å². The van der Waals surface area contributed by atoms with Gasteiger partial charge in [-0.1, -0.05) is 22.9 Å². The molecule has 0 bridgehead atoms. The minimum Gasteiger partial charge on any atom is -0.465 e. The van der Waals surface area contributed by atoms with E-state index < -0.39 is 0 Å². The lowest BCUT2D eigenvalue weighted by molar-refractivity contribution is 0.0599. The van der Waals surface area contributed by atoms with Gasteiger partial charge in [0.1, 0.15) is 0 Å². The molecule has 1 aromatic rings. The summed E-state index contributed by atoms with van der Waals surface area (Å²) in [5.74, 6) is -0.367. The second kappa shape index (κ2) is 5.66. The van der Waals surface area contributed by atoms with Crippen LogP contribution in [0.5, 0.6) is 0 Å². The Morgan fingerprint density at radius 2 is 2.19 bits per heavy atom. The fourth-order valence-electron chi connectivity index (χ4n) is 1.66. The number of benzene rings is 1. The molecule has 0 aliphatic carbocycles. The summed E-state index contributed by atoms with van der Waals surface area (Å²) in [6.45, 7) is 1.96. The number of alkyl halides is 1. The Balaban J connectivity index is 3.44. The van der Waals surface area contributed by atoms with Gasteiger partial charge in [0.25, 0.3) is 0 Å². The molecule has 0 radical (unpaired) electrons. The molecule has 0 N–H and O–H groups in total. The van der Waals surface area contributed by atoms with Crippen LogP contribution in [-0.2, 0) is 16.5 Å². The molecular formula is C12H12BrNO2. The van der Waals surface area contributed by atoms with Gasteiger partial charge in [0.2, 0.25) is 0 Å². The van der Waals surface area contributed by atoms with Crippen LogP contribution in [0.25, 0.3) is 0 Å². The molecule has 16 heavy (non-hydrogen) atoms. The largest absolute Gasteiger partial charge is 0.465 e. The van der Waals surface area contributed by atoms with Crippen molar-refractivity contribution in [3.63, 3.8) is 0 Å². The van der Waals surface area contributed by atoms with Crippen LogP contribution >= 0.6 is 15.9 Å². The van der Waals surface area contributed by atoms with Crippen molar-refractivity contribution < 1.29 is 9.53 Å². The number of ether oxygens (including phenoxy) is 1. The third-order valence-electron chi connectivity index (χ3n) is 2.44. The third kappa shape index (κ3) is 2.25. The molecule has 0 atom stereocenters. The Kier molecular flexibility index (Phi) is 4.51. The molecule has 0 aliphatic rings. The van der Waals surface area contributed by atoms with Crippen LogP contribution in [0.2, 0.25) is 0 Å². The second-order valence-corrected chi connectivity index (χ2v) is 3.77. The van der Waals surface area contributed by atoms with Crippen molar-refractivity contribution in [3.8, 4) is 6.07 Å². The molecule has 0 aliphatic heterocycles. The first-order valence-corrected chi connectivity index (χ1v) is 6.00. The van der Waals surface area contributed by atoms with Crippen molar-refractivity contribution in [2.24, 2.45) is 0 Å². The van der Waals surface area contributed by atoms with Crippen molar-refractivity contribution >= 4 is 21.9 Å². The summed E-state index contributed by atoms with van der Waals surface area (Å²) < 4.78 is 4.71. The normalized spacial score (nSPS) is 9.62. The monoisotopic (exact) mass is 281 g/mol. The molecule has 0 amide bonds. The van der Waals surface area contributed by atoms with Gasteiger partial charge in [0.05, 0.1) is 24.3 Å². The first kappa shape index (κ1) is 12.7. The molecule has 84 valence electrons. The predicted molar refractivity (Wildman–Crippen MR) is 64.5 cm³/mol. The number of hydrogen-bond acceptors (Lipinski definition) is 3. The molecular weight excluding hydrogens is 270 g/mol. The van der Waals surface area contributed by atoms with Gasteiger partial charge in [-0.2, -0.15) is 5.26 Å². The molecule has 0 saturated carbocycles. The van der Waals surface area contributed by atoms with Crippen LogP contribution in [0, 0.1) is 11.3 Å². The van der Waals surface area contributed by atoms with Gasteiger partial charge in [-0.05, 0) is 29.7 Å². The first-order valence-electron chi connectivity index (χ1n) is 4.88. The van der Waals surface area contributed by atoms with Crippen LogP contribution in [0.3, 0.4) is 0 Å². The van der Waals surface area contributed by atoms with E-state index >= 15 is 0 Å². The maximum absolute atomic E-state index is 11.5. The van der Waals surface area contributed by atoms with Crippen LogP contribution in [0.1, 0.15) is 34.0 Å². The van der Waals surface area contributed by atoms with Crippen molar-refractivity contribution in [2.75, 3.05) is 7.11 Å². The van der Waals surface area contributed by atoms with Gasteiger partial charge in [-0.25, -0.2) is 4.79 Å². The highest BCUT2D eigenvalue weighted by atomic mass is 79.9. The van der Waals surface area contributed by atoms with Crippen LogP contribution < -0.4 is 0 Å². The molecule has 0 spiro atoms. The molecule has 4 heteroatoms. The van der Waals surface area contributed by atoms with E-state index in [1.54, 1.807) is 12.1 Å². The molecule has 0 heterocycles. The number of hydrogen-bond donors (Lipinski definition) is 0. The van der Waals surface area contributed by atoms with E-state index in [0.29, 0.717) is 22.9 Å². The Labute approximate surface area is 103 Å². The summed E-state index contributed by atoms with van der Waals surface area (Å²) in [6, 6.07) is 5.44. The fourth-order valence-corrected chi connectivity index (χ4v) is 2.30. The molecule has 0 unspecified atom stereocenters. The highest BCUT2D eigenvalue weighted by Gasteiger charge is 2.16. The SMILES string of the molecule is CCc1c(C#N)ccc(C(=O)OC)c1CBr. The minimum absolute atomic E-state index is 0.367. The highest BCUT2D eigenvalue weighted by molar-refractivity contribution is 9.08. The zero-order valence-electron chi connectivity index (χ0n) is 9.21. The van der Waals surface area contributed by atoms with Gasteiger partial charge in [0, 0.05) is 5.33 Å². The predicted octanol–water partition coefficient (Wildman–Crippen LogP) is 2.80. The van der Waals surface area contributed by atoms with Gasteiger partial charge in [-0.3, -0.25) is 0 Å². The van der Waals surface area contributed by atoms with Crippen molar-refractivity contribution in [1.29, 1.82) is 5.26 Å². The minimum atomic E-state index is -0.367. The summed E-state index contributed by atoms with van der Waals surface area (Å²) in [6.07, 6.45) is 0.717. The van der Waals surface area contributed by atoms with E-state index in [2.05, 4.69) is 22.0 Å². The first-order chi connectivity index (χ1) is 7.69. The number of nitrogens with zero attached hydrogens (tertiary/aromatic N) is 1. The smallest absolute Gasteiger partial charge is 0.338 e. The number of carbonyl (C=O) groups excluding carboxylic acids is 1. The number of methoxy groups -OCH3 is 1. The fraction of sp³-hybridized carbons (Fsp3) is 0.333. The van der Waals surface area contributed by atoms with E-state index in [1.807, 2.05) is 6.92 Å². The quantitative estimate of drug-likeness (QED) is 0.632. The molecule has 0 saturated heterocycles. The second-order valence-electron chi connectivity index (χ2n) is 3.21. The van der Waals surface area contributed by atoms with Crippen LogP contribution in [0.4, 0.5) is 0 Å². The summed E-state index contributed by atoms with van der Waals surface area (Å²) in [5.41, 5.74) is 2.88. The number of rotatable bonds is 3. The van der Waals surface area contributed by atoms with Gasteiger partial charge < -0.3 is 4.74 Å². The Morgan fingerprint density at radius 1 is 1.50 bits per heavy atom. The van der Waals surface area contributed by atoms with Crippen LogP contribution in [0.15, 0.2) is 12.1 Å². The maximum Gasteiger partial charge on any atom is 0.338 e. The van der Waals surface area contributed by atoms with E-state index in [9.17, 15) is 4.79 Å². The van der Waals surface area contributed by atoms with Crippen molar-refractivity contribution in [1.82, 2.24) is 0 Å². The lowest BCUT2D eigenvalue weighted by atomic mass is 9.96. The topological polar surface area (TPSA) is 50.1 Å². The zero-order valence-corrected chi connectivity index (χ0v) is 10.8. The third-order valence-corrected chi connectivity index (χ3v) is 3.00. The van der Waals surface area contributed by atoms with E-state index in [1.165, 1.54) is 7.11 Å². The van der Waals surface area contributed by atoms with E-state index in [4.69, 9.17) is 10.00 Å². The highest BCUT2D eigenvalue weighted by Crippen LogP contribution is 2.23. The average Bonchev–Trinajstić information content (AvgIpc) is 2.35. The van der Waals surface area contributed by atoms with E-state index in [0.717, 1.165) is 11.1 Å². The molecule has 3 nitrogen and oxygen atoms in total. The lowest BCUT2D eigenvalue weighted by Crippen LogP contribution is -2.08. The number of nitriles is 1. The van der Waals surface area contributed by atoms with Gasteiger partial charge >= 0.3 is 5.97 Å². The summed E-state index contributed by atoms with van der Waals surface area (Å²) in [4.78, 5) is 11.5. The van der Waals surface area contributed by atoms with E-state index in [-0.39, 0.29) is 5.97 Å². The standard InChI is InChI=1S/C12H12BrNO2/c1-3-9-8(7-14)4-5-10(11(9)6-13)12(15)16-2/h4-5H,3,6H2,1-2H3. The number of esters is 1. The van der Waals surface area contributed by atoms with Crippen LogP contribution in [-0.4, -0.2) is 13.1 Å². The summed E-state index contributed by atoms with van der Waals surface area (Å²) in [7, 11) is 1.35. The summed E-state index contributed by atoms with van der Waals surface area (Å²) >= 11 is 3.34. The van der Waals surface area contributed by atoms with Crippen molar-refractivity contribution in [3.05, 3.63) is 34.4 Å². The Hall–Kier alpha value is -1.34. The molecule has 0 aromatic heterocycles. The molecule has 0 fully saturated rings. The average molecular weight is 282 g/mol. The Bertz CT molecular complexity index is 449.